The summed E-state index contributed by atoms with van der Waals surface area (Å²) in [7, 11) is 0. The van der Waals surface area contributed by atoms with E-state index in [4.69, 9.17) is 44.3 Å². The van der Waals surface area contributed by atoms with Crippen LogP contribution < -0.4 is 5.32 Å². The summed E-state index contributed by atoms with van der Waals surface area (Å²) in [4.78, 5) is 38.9. The summed E-state index contributed by atoms with van der Waals surface area (Å²) in [6.45, 7) is 3.35. The molecule has 4 fully saturated rings. The molecule has 2 saturated heterocycles. The predicted octanol–water partition coefficient (Wildman–Crippen LogP) is 2.61. The Balaban J connectivity index is 1.39. The van der Waals surface area contributed by atoms with Crippen molar-refractivity contribution < 1.29 is 23.9 Å². The van der Waals surface area contributed by atoms with Gasteiger partial charge in [0.2, 0.25) is 9.70 Å². The van der Waals surface area contributed by atoms with Gasteiger partial charge in [0.05, 0.1) is 4.75 Å². The number of hydrogen-bond donors (Lipinski definition) is 1. The lowest BCUT2D eigenvalue weighted by Crippen LogP contribution is -2.72. The van der Waals surface area contributed by atoms with Gasteiger partial charge in [-0.1, -0.05) is 34.8 Å². The smallest absolute Gasteiger partial charge is 0.408 e. The third-order valence-electron chi connectivity index (χ3n) is 5.74. The van der Waals surface area contributed by atoms with E-state index in [0.29, 0.717) is 12.3 Å². The number of ether oxygens (including phenoxy) is 2. The fourth-order valence-corrected chi connectivity index (χ4v) is 6.03. The van der Waals surface area contributed by atoms with Crippen LogP contribution in [0.1, 0.15) is 33.1 Å². The summed E-state index contributed by atoms with van der Waals surface area (Å²) in [5.41, 5.74) is -1.06. The van der Waals surface area contributed by atoms with Crippen molar-refractivity contribution in [1.29, 1.82) is 0 Å². The van der Waals surface area contributed by atoms with Crippen molar-refractivity contribution in [2.24, 2.45) is 5.92 Å². The maximum Gasteiger partial charge on any atom is 0.408 e. The fourth-order valence-electron chi connectivity index (χ4n) is 3.96. The Morgan fingerprint density at radius 2 is 2.07 bits per heavy atom. The lowest BCUT2D eigenvalue weighted by Gasteiger charge is -2.46. The third-order valence-corrected chi connectivity index (χ3v) is 7.79. The maximum absolute atomic E-state index is 12.7. The fraction of sp³-hybridized carbons (Fsp3) is 0.812. The molecule has 27 heavy (non-hydrogen) atoms. The van der Waals surface area contributed by atoms with E-state index in [-0.39, 0.29) is 17.4 Å². The molecule has 0 bridgehead atoms. The van der Waals surface area contributed by atoms with E-state index in [9.17, 15) is 14.4 Å². The van der Waals surface area contributed by atoms with Gasteiger partial charge in [0.1, 0.15) is 24.1 Å². The Morgan fingerprint density at radius 1 is 1.41 bits per heavy atom. The summed E-state index contributed by atoms with van der Waals surface area (Å²) in [6.07, 6.45) is 1.82. The molecule has 4 aliphatic rings. The Labute approximate surface area is 175 Å². The number of esters is 1. The Kier molecular flexibility index (Phi) is 4.54. The second kappa shape index (κ2) is 6.21. The van der Waals surface area contributed by atoms with Gasteiger partial charge in [-0.3, -0.25) is 4.79 Å². The highest BCUT2D eigenvalue weighted by molar-refractivity contribution is 8.02. The van der Waals surface area contributed by atoms with Crippen molar-refractivity contribution in [3.8, 4) is 0 Å². The van der Waals surface area contributed by atoms with Gasteiger partial charge in [0.25, 0.3) is 0 Å². The summed E-state index contributed by atoms with van der Waals surface area (Å²) in [5.74, 6) is -0.494. The molecule has 0 radical (unpaired) electrons. The zero-order chi connectivity index (χ0) is 19.8. The largest absolute Gasteiger partial charge is 0.459 e. The monoisotopic (exact) mass is 456 g/mol. The predicted molar refractivity (Wildman–Crippen MR) is 101 cm³/mol. The molecule has 2 aliphatic carbocycles. The van der Waals surface area contributed by atoms with Crippen LogP contribution in [0.4, 0.5) is 4.79 Å². The van der Waals surface area contributed by atoms with Crippen molar-refractivity contribution in [2.75, 3.05) is 6.61 Å². The number of rotatable bonds is 5. The van der Waals surface area contributed by atoms with E-state index < -0.39 is 38.8 Å². The molecule has 2 heterocycles. The highest BCUT2D eigenvalue weighted by Gasteiger charge is 2.85. The number of amides is 2. The molecule has 0 aromatic rings. The number of nitrogens with zero attached hydrogens (tertiary/aromatic N) is 1. The maximum atomic E-state index is 12.7. The number of hydrogen-bond acceptors (Lipinski definition) is 6. The first-order valence-electron chi connectivity index (χ1n) is 8.71. The van der Waals surface area contributed by atoms with E-state index in [1.165, 1.54) is 16.7 Å². The minimum atomic E-state index is -1.71. The van der Waals surface area contributed by atoms with Crippen molar-refractivity contribution >= 4 is 64.5 Å². The summed E-state index contributed by atoms with van der Waals surface area (Å²) in [6, 6.07) is -0.712. The molecule has 1 N–H and O–H groups in total. The van der Waals surface area contributed by atoms with Crippen LogP contribution in [-0.4, -0.2) is 61.1 Å². The normalized spacial score (nSPS) is 37.7. The molecule has 4 rings (SSSR count). The van der Waals surface area contributed by atoms with Gasteiger partial charge in [0.15, 0.2) is 5.54 Å². The highest BCUT2D eigenvalue weighted by atomic mass is 35.6. The number of fused-ring (bicyclic) bond motifs is 3. The Bertz CT molecular complexity index is 715. The zero-order valence-corrected chi connectivity index (χ0v) is 17.8. The van der Waals surface area contributed by atoms with Crippen molar-refractivity contribution in [2.45, 2.75) is 64.7 Å². The van der Waals surface area contributed by atoms with Gasteiger partial charge in [0, 0.05) is 6.42 Å². The number of β-lactam (4-membered cyclic amide) rings is 1. The average Bonchev–Trinajstić information content (AvgIpc) is 3.46. The number of nitrogens with one attached hydrogen (secondary N) is 1. The zero-order valence-electron chi connectivity index (χ0n) is 14.7. The number of halogens is 3. The summed E-state index contributed by atoms with van der Waals surface area (Å²) < 4.78 is 8.29. The van der Waals surface area contributed by atoms with Crippen LogP contribution in [0.3, 0.4) is 0 Å². The first kappa shape index (κ1) is 19.7. The van der Waals surface area contributed by atoms with E-state index in [2.05, 4.69) is 5.32 Å². The van der Waals surface area contributed by atoms with E-state index in [1.54, 1.807) is 0 Å². The molecule has 2 saturated carbocycles. The number of alkyl carbamates (subject to hydrolysis) is 1. The van der Waals surface area contributed by atoms with Crippen LogP contribution in [-0.2, 0) is 19.1 Å². The average molecular weight is 458 g/mol. The quantitative estimate of drug-likeness (QED) is 0.388. The van der Waals surface area contributed by atoms with Gasteiger partial charge in [-0.2, -0.15) is 0 Å². The van der Waals surface area contributed by atoms with Gasteiger partial charge in [-0.25, -0.2) is 9.59 Å². The molecule has 2 amide bonds. The second-order valence-electron chi connectivity index (χ2n) is 7.75. The van der Waals surface area contributed by atoms with Gasteiger partial charge in [-0.15, -0.1) is 11.8 Å². The molecule has 11 heteroatoms. The molecule has 4 unspecified atom stereocenters. The van der Waals surface area contributed by atoms with Crippen molar-refractivity contribution in [1.82, 2.24) is 10.2 Å². The number of thioether (sulfide) groups is 1. The molecule has 0 spiro atoms. The molecular weight excluding hydrogens is 439 g/mol. The van der Waals surface area contributed by atoms with E-state index in [1.807, 2.05) is 13.8 Å². The summed E-state index contributed by atoms with van der Waals surface area (Å²) in [5, 5.41) is 2.30. The van der Waals surface area contributed by atoms with Gasteiger partial charge >= 0.3 is 12.1 Å². The van der Waals surface area contributed by atoms with Crippen LogP contribution in [0.2, 0.25) is 0 Å². The van der Waals surface area contributed by atoms with E-state index in [0.717, 1.165) is 12.8 Å². The van der Waals surface area contributed by atoms with Crippen LogP contribution in [0.25, 0.3) is 0 Å². The van der Waals surface area contributed by atoms with Gasteiger partial charge < -0.3 is 19.7 Å². The van der Waals surface area contributed by atoms with Crippen molar-refractivity contribution in [3.05, 3.63) is 0 Å². The van der Waals surface area contributed by atoms with Crippen molar-refractivity contribution in [3.63, 3.8) is 0 Å². The number of alkyl halides is 3. The standard InChI is InChI=1S/C16H19Cl3N2O5S/c1-7(8-3-4-8)26-13(24)20-9-10(22)21-11(9)27-14(2)5-15(14,21)12(23)25-6-16(17,18)19/h7-9,11H,3-6H2,1-2H3,(H,20,24)/t7?,9?,11-,14?,15?/m0/s1. The molecule has 0 aromatic carbocycles. The second-order valence-corrected chi connectivity index (χ2v) is 11.9. The molecule has 150 valence electrons. The third kappa shape index (κ3) is 3.16. The minimum Gasteiger partial charge on any atom is -0.459 e. The molecule has 0 aromatic heterocycles. The first-order valence-corrected chi connectivity index (χ1v) is 10.7. The lowest BCUT2D eigenvalue weighted by atomic mass is 10.0. The number of carbonyl (C=O) groups is 3. The SMILES string of the molecule is CC(OC(=O)NC1C(=O)N2[C@H]1SC1(C)CC21C(=O)OCC(Cl)(Cl)Cl)C1CC1. The first-order chi connectivity index (χ1) is 12.5. The Morgan fingerprint density at radius 3 is 2.67 bits per heavy atom. The number of carbonyl (C=O) groups excluding carboxylic acids is 3. The van der Waals surface area contributed by atoms with Crippen LogP contribution in [0.5, 0.6) is 0 Å². The topological polar surface area (TPSA) is 84.9 Å². The Hall–Kier alpha value is -0.570. The lowest BCUT2D eigenvalue weighted by molar-refractivity contribution is -0.165. The van der Waals surface area contributed by atoms with Crippen LogP contribution >= 0.6 is 46.6 Å². The molecule has 2 aliphatic heterocycles. The molecular formula is C16H19Cl3N2O5S. The highest BCUT2D eigenvalue weighted by Crippen LogP contribution is 2.72. The van der Waals surface area contributed by atoms with Crippen LogP contribution in [0.15, 0.2) is 0 Å². The van der Waals surface area contributed by atoms with E-state index >= 15 is 0 Å². The summed E-state index contributed by atoms with van der Waals surface area (Å²) >= 11 is 18.4. The molecule has 5 atom stereocenters. The minimum absolute atomic E-state index is 0.165. The molecule has 7 nitrogen and oxygen atoms in total. The van der Waals surface area contributed by atoms with Crippen LogP contribution in [0, 0.1) is 5.92 Å². The van der Waals surface area contributed by atoms with Gasteiger partial charge in [-0.05, 0) is 32.6 Å².